The highest BCUT2D eigenvalue weighted by molar-refractivity contribution is 6.29. The van der Waals surface area contributed by atoms with Gasteiger partial charge in [0, 0.05) is 26.2 Å². The number of nitrogens with zero attached hydrogens (tertiary/aromatic N) is 2. The van der Waals surface area contributed by atoms with Gasteiger partial charge in [-0.15, -0.1) is 12.4 Å². The monoisotopic (exact) mass is 301 g/mol. The molecule has 1 N–H and O–H groups in total. The second kappa shape index (κ2) is 5.95. The summed E-state index contributed by atoms with van der Waals surface area (Å²) in [4.78, 5) is 5.72. The van der Waals surface area contributed by atoms with Gasteiger partial charge in [0.25, 0.3) is 0 Å². The van der Waals surface area contributed by atoms with Gasteiger partial charge in [0.1, 0.15) is 11.0 Å². The van der Waals surface area contributed by atoms with E-state index in [0.717, 1.165) is 25.2 Å². The molecule has 1 fully saturated rings. The van der Waals surface area contributed by atoms with Crippen molar-refractivity contribution in [1.82, 2.24) is 10.3 Å². The summed E-state index contributed by atoms with van der Waals surface area (Å²) >= 11 is 5.62. The van der Waals surface area contributed by atoms with Crippen LogP contribution >= 0.6 is 24.0 Å². The highest BCUT2D eigenvalue weighted by Crippen LogP contribution is 2.32. The summed E-state index contributed by atoms with van der Waals surface area (Å²) in [6.45, 7) is 2.72. The molecule has 0 unspecified atom stereocenters. The summed E-state index contributed by atoms with van der Waals surface area (Å²) in [6, 6.07) is 1.88. The molecule has 2 rings (SSSR count). The Morgan fingerprint density at radius 3 is 2.39 bits per heavy atom. The van der Waals surface area contributed by atoms with Crippen molar-refractivity contribution in [3.8, 4) is 0 Å². The van der Waals surface area contributed by atoms with Crippen molar-refractivity contribution in [3.63, 3.8) is 0 Å². The second-order valence-corrected chi connectivity index (χ2v) is 4.16. The van der Waals surface area contributed by atoms with Crippen molar-refractivity contribution in [1.29, 1.82) is 0 Å². The average molecular weight is 302 g/mol. The van der Waals surface area contributed by atoms with Gasteiger partial charge in [0.2, 0.25) is 0 Å². The number of hydrogen-bond donors (Lipinski definition) is 1. The van der Waals surface area contributed by atoms with Crippen LogP contribution in [0.4, 0.5) is 19.0 Å². The van der Waals surface area contributed by atoms with E-state index in [1.807, 2.05) is 0 Å². The van der Waals surface area contributed by atoms with E-state index >= 15 is 0 Å². The predicted octanol–water partition coefficient (Wildman–Crippen LogP) is 2.59. The molecular weight excluding hydrogens is 290 g/mol. The number of rotatable bonds is 1. The first-order valence-corrected chi connectivity index (χ1v) is 5.55. The lowest BCUT2D eigenvalue weighted by atomic mass is 10.2. The van der Waals surface area contributed by atoms with Gasteiger partial charge in [0.05, 0.1) is 5.56 Å². The Labute approximate surface area is 114 Å². The Kier molecular flexibility index (Phi) is 5.07. The van der Waals surface area contributed by atoms with E-state index < -0.39 is 11.7 Å². The fourth-order valence-corrected chi connectivity index (χ4v) is 1.91. The Morgan fingerprint density at radius 2 is 1.83 bits per heavy atom. The van der Waals surface area contributed by atoms with Crippen LogP contribution in [0.15, 0.2) is 12.1 Å². The number of nitrogens with one attached hydrogen (secondary N) is 1. The number of halogens is 5. The van der Waals surface area contributed by atoms with Crippen LogP contribution in [0.3, 0.4) is 0 Å². The van der Waals surface area contributed by atoms with Crippen LogP contribution in [-0.2, 0) is 6.18 Å². The summed E-state index contributed by atoms with van der Waals surface area (Å²) in [5, 5.41) is 2.99. The molecule has 0 aromatic carbocycles. The molecule has 0 radical (unpaired) electrons. The summed E-state index contributed by atoms with van der Waals surface area (Å²) in [7, 11) is 0. The quantitative estimate of drug-likeness (QED) is 0.808. The zero-order valence-electron chi connectivity index (χ0n) is 9.30. The van der Waals surface area contributed by atoms with Gasteiger partial charge < -0.3 is 10.2 Å². The minimum atomic E-state index is -4.39. The lowest BCUT2D eigenvalue weighted by molar-refractivity contribution is -0.137. The Morgan fingerprint density at radius 1 is 1.22 bits per heavy atom. The number of piperazine rings is 1. The first-order chi connectivity index (χ1) is 7.97. The molecule has 0 atom stereocenters. The lowest BCUT2D eigenvalue weighted by Gasteiger charge is -2.28. The summed E-state index contributed by atoms with van der Waals surface area (Å²) in [5.41, 5.74) is -0.758. The number of aromatic nitrogens is 1. The largest absolute Gasteiger partial charge is 0.416 e. The van der Waals surface area contributed by atoms with Gasteiger partial charge >= 0.3 is 6.18 Å². The number of anilines is 1. The van der Waals surface area contributed by atoms with E-state index in [0.29, 0.717) is 13.1 Å². The van der Waals surface area contributed by atoms with E-state index in [1.54, 1.807) is 4.90 Å². The molecule has 3 nitrogen and oxygen atoms in total. The first-order valence-electron chi connectivity index (χ1n) is 5.17. The number of pyridine rings is 1. The molecule has 18 heavy (non-hydrogen) atoms. The van der Waals surface area contributed by atoms with Crippen molar-refractivity contribution in [2.75, 3.05) is 31.1 Å². The minimum Gasteiger partial charge on any atom is -0.354 e. The maximum Gasteiger partial charge on any atom is 0.416 e. The first kappa shape index (κ1) is 15.3. The van der Waals surface area contributed by atoms with Crippen LogP contribution in [0.5, 0.6) is 0 Å². The van der Waals surface area contributed by atoms with E-state index in [1.165, 1.54) is 0 Å². The third-order valence-corrected chi connectivity index (χ3v) is 2.74. The summed E-state index contributed by atoms with van der Waals surface area (Å²) in [6.07, 6.45) is -4.39. The van der Waals surface area contributed by atoms with Gasteiger partial charge in [-0.05, 0) is 12.1 Å². The van der Waals surface area contributed by atoms with Crippen molar-refractivity contribution in [3.05, 3.63) is 22.8 Å². The predicted molar refractivity (Wildman–Crippen MR) is 66.6 cm³/mol. The number of hydrogen-bond acceptors (Lipinski definition) is 3. The molecule has 0 bridgehead atoms. The van der Waals surface area contributed by atoms with Crippen LogP contribution in [0.25, 0.3) is 0 Å². The van der Waals surface area contributed by atoms with E-state index in [9.17, 15) is 13.2 Å². The summed E-state index contributed by atoms with van der Waals surface area (Å²) < 4.78 is 37.8. The minimum absolute atomic E-state index is 0. The molecule has 0 aliphatic carbocycles. The molecule has 2 heterocycles. The van der Waals surface area contributed by atoms with E-state index in [2.05, 4.69) is 10.3 Å². The zero-order valence-corrected chi connectivity index (χ0v) is 10.9. The smallest absolute Gasteiger partial charge is 0.354 e. The Bertz CT molecular complexity index is 406. The van der Waals surface area contributed by atoms with E-state index in [-0.39, 0.29) is 23.4 Å². The number of alkyl halides is 3. The molecule has 8 heteroatoms. The lowest BCUT2D eigenvalue weighted by Crippen LogP contribution is -2.44. The third-order valence-electron chi connectivity index (χ3n) is 2.55. The Balaban J connectivity index is 0.00000162. The fraction of sp³-hybridized carbons (Fsp3) is 0.500. The third kappa shape index (κ3) is 3.63. The van der Waals surface area contributed by atoms with Crippen LogP contribution in [0.1, 0.15) is 5.56 Å². The topological polar surface area (TPSA) is 28.2 Å². The molecule has 1 aliphatic heterocycles. The van der Waals surface area contributed by atoms with Gasteiger partial charge in [-0.2, -0.15) is 13.2 Å². The Hall–Kier alpha value is -0.720. The molecule has 1 saturated heterocycles. The van der Waals surface area contributed by atoms with Crippen molar-refractivity contribution in [2.24, 2.45) is 0 Å². The normalized spacial score (nSPS) is 16.3. The maximum absolute atomic E-state index is 12.6. The van der Waals surface area contributed by atoms with Gasteiger partial charge in [-0.1, -0.05) is 11.6 Å². The highest BCUT2D eigenvalue weighted by Gasteiger charge is 2.32. The van der Waals surface area contributed by atoms with Crippen molar-refractivity contribution in [2.45, 2.75) is 6.18 Å². The molecule has 0 amide bonds. The van der Waals surface area contributed by atoms with Crippen LogP contribution in [0, 0.1) is 0 Å². The van der Waals surface area contributed by atoms with Crippen LogP contribution in [0.2, 0.25) is 5.15 Å². The maximum atomic E-state index is 12.6. The van der Waals surface area contributed by atoms with Crippen LogP contribution in [-0.4, -0.2) is 31.2 Å². The van der Waals surface area contributed by atoms with Crippen molar-refractivity contribution >= 4 is 29.8 Å². The molecule has 0 saturated carbocycles. The molecule has 102 valence electrons. The molecule has 1 aromatic heterocycles. The van der Waals surface area contributed by atoms with Gasteiger partial charge in [0.15, 0.2) is 0 Å². The molecule has 1 aromatic rings. The molecule has 0 spiro atoms. The van der Waals surface area contributed by atoms with E-state index in [4.69, 9.17) is 11.6 Å². The van der Waals surface area contributed by atoms with Gasteiger partial charge in [-0.25, -0.2) is 4.98 Å². The van der Waals surface area contributed by atoms with Crippen molar-refractivity contribution < 1.29 is 13.2 Å². The standard InChI is InChI=1S/C10H11ClF3N3.ClH/c11-8-5-7(10(12,13)14)6-9(16-8)17-3-1-15-2-4-17;/h5-6,15H,1-4H2;1H. The van der Waals surface area contributed by atoms with Crippen LogP contribution < -0.4 is 10.2 Å². The second-order valence-electron chi connectivity index (χ2n) is 3.77. The molecule has 1 aliphatic rings. The van der Waals surface area contributed by atoms with Gasteiger partial charge in [-0.3, -0.25) is 0 Å². The zero-order chi connectivity index (χ0) is 12.5. The molecular formula is C10H12Cl2F3N3. The highest BCUT2D eigenvalue weighted by atomic mass is 35.5. The SMILES string of the molecule is Cl.FC(F)(F)c1cc(Cl)nc(N2CCNCC2)c1. The summed E-state index contributed by atoms with van der Waals surface area (Å²) in [5.74, 6) is 0.284. The fourth-order valence-electron chi connectivity index (χ4n) is 1.70. The average Bonchev–Trinajstić information content (AvgIpc) is 2.28.